The molecule has 8 nitrogen and oxygen atoms in total. The number of aromatic nitrogens is 4. The van der Waals surface area contributed by atoms with E-state index in [2.05, 4.69) is 20.2 Å². The molecular formula is C24H23ClN6O2. The molecule has 0 atom stereocenters. The molecule has 0 saturated heterocycles. The summed E-state index contributed by atoms with van der Waals surface area (Å²) >= 11 is 6.38. The molecule has 1 aliphatic heterocycles. The minimum atomic E-state index is 0.469. The second kappa shape index (κ2) is 8.99. The molecule has 2 aromatic heterocycles. The number of hydrogen-bond acceptors (Lipinski definition) is 7. The lowest BCUT2D eigenvalue weighted by Crippen LogP contribution is -2.33. The van der Waals surface area contributed by atoms with Gasteiger partial charge in [-0.2, -0.15) is 4.98 Å². The summed E-state index contributed by atoms with van der Waals surface area (Å²) in [6, 6.07) is 13.7. The van der Waals surface area contributed by atoms with E-state index in [0.717, 1.165) is 33.5 Å². The van der Waals surface area contributed by atoms with Crippen molar-refractivity contribution in [1.29, 1.82) is 0 Å². The average molecular weight is 463 g/mol. The van der Waals surface area contributed by atoms with Crippen LogP contribution < -0.4 is 19.7 Å². The maximum Gasteiger partial charge on any atom is 0.229 e. The van der Waals surface area contributed by atoms with Crippen molar-refractivity contribution < 1.29 is 9.47 Å². The number of anilines is 3. The lowest BCUT2D eigenvalue weighted by molar-refractivity contribution is 0.303. The van der Waals surface area contributed by atoms with Crippen LogP contribution in [0.4, 0.5) is 17.5 Å². The van der Waals surface area contributed by atoms with E-state index in [4.69, 9.17) is 26.1 Å². The first-order valence-corrected chi connectivity index (χ1v) is 10.9. The summed E-state index contributed by atoms with van der Waals surface area (Å²) in [7, 11) is 1.64. The Morgan fingerprint density at radius 1 is 1.18 bits per heavy atom. The Morgan fingerprint density at radius 3 is 2.85 bits per heavy atom. The highest BCUT2D eigenvalue weighted by Gasteiger charge is 2.22. The van der Waals surface area contributed by atoms with E-state index < -0.39 is 0 Å². The first-order valence-electron chi connectivity index (χ1n) is 10.5. The molecule has 0 aliphatic carbocycles. The van der Waals surface area contributed by atoms with Crippen molar-refractivity contribution in [3.8, 4) is 17.2 Å². The number of fused-ring (bicyclic) bond motifs is 1. The van der Waals surface area contributed by atoms with E-state index >= 15 is 0 Å². The van der Waals surface area contributed by atoms with Gasteiger partial charge in [0.2, 0.25) is 5.95 Å². The minimum absolute atomic E-state index is 0.469. The molecule has 0 bridgehead atoms. The molecule has 0 fully saturated rings. The zero-order valence-corrected chi connectivity index (χ0v) is 19.1. The maximum absolute atomic E-state index is 6.38. The van der Waals surface area contributed by atoms with Crippen LogP contribution in [0.1, 0.15) is 11.3 Å². The highest BCUT2D eigenvalue weighted by molar-refractivity contribution is 6.31. The van der Waals surface area contributed by atoms with Crippen LogP contribution in [0, 0.1) is 6.92 Å². The van der Waals surface area contributed by atoms with E-state index in [-0.39, 0.29) is 0 Å². The molecule has 1 N–H and O–H groups in total. The predicted molar refractivity (Wildman–Crippen MR) is 128 cm³/mol. The third-order valence-corrected chi connectivity index (χ3v) is 5.77. The molecule has 0 amide bonds. The molecule has 0 unspecified atom stereocenters. The Morgan fingerprint density at radius 2 is 2.06 bits per heavy atom. The topological polar surface area (TPSA) is 77.3 Å². The molecule has 3 heterocycles. The quantitative estimate of drug-likeness (QED) is 0.442. The van der Waals surface area contributed by atoms with Crippen LogP contribution in [0.25, 0.3) is 5.69 Å². The van der Waals surface area contributed by atoms with Crippen LogP contribution in [-0.4, -0.2) is 39.8 Å². The zero-order chi connectivity index (χ0) is 22.8. The molecule has 0 radical (unpaired) electrons. The number of hydrogen-bond donors (Lipinski definition) is 1. The first kappa shape index (κ1) is 21.1. The number of nitrogens with zero attached hydrogens (tertiary/aromatic N) is 5. The number of halogens is 1. The van der Waals surface area contributed by atoms with Crippen LogP contribution in [0.15, 0.2) is 61.2 Å². The molecule has 5 rings (SSSR count). The van der Waals surface area contributed by atoms with Crippen molar-refractivity contribution in [2.45, 2.75) is 13.5 Å². The van der Waals surface area contributed by atoms with Crippen molar-refractivity contribution in [1.82, 2.24) is 19.5 Å². The smallest absolute Gasteiger partial charge is 0.229 e. The number of aryl methyl sites for hydroxylation is 1. The largest absolute Gasteiger partial charge is 0.494 e. The molecule has 2 aromatic carbocycles. The Labute approximate surface area is 196 Å². The van der Waals surface area contributed by atoms with Gasteiger partial charge in [0, 0.05) is 29.5 Å². The van der Waals surface area contributed by atoms with E-state index in [9.17, 15) is 0 Å². The summed E-state index contributed by atoms with van der Waals surface area (Å²) < 4.78 is 13.3. The second-order valence-corrected chi connectivity index (χ2v) is 8.08. The highest BCUT2D eigenvalue weighted by Crippen LogP contribution is 2.33. The third-order valence-electron chi connectivity index (χ3n) is 5.40. The van der Waals surface area contributed by atoms with Crippen molar-refractivity contribution in [3.05, 3.63) is 77.5 Å². The van der Waals surface area contributed by atoms with E-state index in [1.807, 2.05) is 60.2 Å². The summed E-state index contributed by atoms with van der Waals surface area (Å²) in [5, 5.41) is 4.01. The van der Waals surface area contributed by atoms with Crippen molar-refractivity contribution >= 4 is 29.1 Å². The fourth-order valence-corrected chi connectivity index (χ4v) is 3.95. The molecular weight excluding hydrogens is 440 g/mol. The molecule has 9 heteroatoms. The number of nitrogens with one attached hydrogen (secondary N) is 1. The summed E-state index contributed by atoms with van der Waals surface area (Å²) in [5.41, 5.74) is 3.68. The second-order valence-electron chi connectivity index (χ2n) is 7.68. The number of ether oxygens (including phenoxy) is 2. The number of methoxy groups -OCH3 is 1. The fraction of sp³-hybridized carbons (Fsp3) is 0.208. The Hall–Kier alpha value is -3.78. The van der Waals surface area contributed by atoms with Crippen LogP contribution >= 0.6 is 11.6 Å². The van der Waals surface area contributed by atoms with Gasteiger partial charge in [-0.25, -0.2) is 9.97 Å². The lowest BCUT2D eigenvalue weighted by Gasteiger charge is -2.30. The lowest BCUT2D eigenvalue weighted by atomic mass is 10.2. The summed E-state index contributed by atoms with van der Waals surface area (Å²) in [6.45, 7) is 3.87. The normalized spacial score (nSPS) is 12.8. The SMILES string of the molecule is COc1cc(Nc2ncc3c(n2)N(Cc2ccccc2Cl)CCO3)ccc1-n1cnc(C)c1. The van der Waals surface area contributed by atoms with Crippen molar-refractivity contribution in [3.63, 3.8) is 0 Å². The molecule has 168 valence electrons. The first-order chi connectivity index (χ1) is 16.1. The van der Waals surface area contributed by atoms with Gasteiger partial charge in [-0.3, -0.25) is 0 Å². The maximum atomic E-state index is 6.38. The van der Waals surface area contributed by atoms with Crippen LogP contribution in [0.3, 0.4) is 0 Å². The molecule has 0 spiro atoms. The monoisotopic (exact) mass is 462 g/mol. The number of imidazole rings is 1. The van der Waals surface area contributed by atoms with Crippen LogP contribution in [0.5, 0.6) is 11.5 Å². The minimum Gasteiger partial charge on any atom is -0.494 e. The van der Waals surface area contributed by atoms with Gasteiger partial charge in [0.25, 0.3) is 0 Å². The van der Waals surface area contributed by atoms with Gasteiger partial charge in [0.05, 0.1) is 37.6 Å². The van der Waals surface area contributed by atoms with Gasteiger partial charge < -0.3 is 24.3 Å². The Balaban J connectivity index is 1.40. The van der Waals surface area contributed by atoms with Gasteiger partial charge in [0.1, 0.15) is 12.4 Å². The number of benzene rings is 2. The Kier molecular flexibility index (Phi) is 5.75. The standard InChI is InChI=1S/C24H23ClN6O2/c1-16-13-31(15-27-16)20-8-7-18(11-21(20)32-2)28-24-26-12-22-23(29-24)30(9-10-33-22)14-17-5-3-4-6-19(17)25/h3-8,11-13,15H,9-10,14H2,1-2H3,(H,26,28,29). The summed E-state index contributed by atoms with van der Waals surface area (Å²) in [6.07, 6.45) is 5.41. The third kappa shape index (κ3) is 4.42. The molecule has 0 saturated carbocycles. The van der Waals surface area contributed by atoms with Gasteiger partial charge in [-0.15, -0.1) is 0 Å². The van der Waals surface area contributed by atoms with E-state index in [1.54, 1.807) is 19.6 Å². The average Bonchev–Trinajstić information content (AvgIpc) is 3.27. The van der Waals surface area contributed by atoms with Gasteiger partial charge in [-0.05, 0) is 30.7 Å². The van der Waals surface area contributed by atoms with Crippen molar-refractivity contribution in [2.75, 3.05) is 30.5 Å². The Bertz CT molecular complexity index is 1290. The van der Waals surface area contributed by atoms with Crippen molar-refractivity contribution in [2.24, 2.45) is 0 Å². The molecule has 1 aliphatic rings. The van der Waals surface area contributed by atoms with E-state index in [0.29, 0.717) is 37.1 Å². The van der Waals surface area contributed by atoms with Gasteiger partial charge in [0.15, 0.2) is 11.6 Å². The zero-order valence-electron chi connectivity index (χ0n) is 18.3. The fourth-order valence-electron chi connectivity index (χ4n) is 3.76. The van der Waals surface area contributed by atoms with E-state index in [1.165, 1.54) is 0 Å². The highest BCUT2D eigenvalue weighted by atomic mass is 35.5. The molecule has 4 aromatic rings. The number of rotatable bonds is 6. The van der Waals surface area contributed by atoms with Gasteiger partial charge >= 0.3 is 0 Å². The molecule has 33 heavy (non-hydrogen) atoms. The van der Waals surface area contributed by atoms with Crippen LogP contribution in [0.2, 0.25) is 5.02 Å². The van der Waals surface area contributed by atoms with Gasteiger partial charge in [-0.1, -0.05) is 29.8 Å². The predicted octanol–water partition coefficient (Wildman–Crippen LogP) is 4.78. The van der Waals surface area contributed by atoms with Crippen LogP contribution in [-0.2, 0) is 6.54 Å². The summed E-state index contributed by atoms with van der Waals surface area (Å²) in [5.74, 6) is 2.56. The summed E-state index contributed by atoms with van der Waals surface area (Å²) in [4.78, 5) is 15.6.